The van der Waals surface area contributed by atoms with Gasteiger partial charge < -0.3 is 14.3 Å². The van der Waals surface area contributed by atoms with Crippen molar-refractivity contribution >= 4 is 16.9 Å². The molecule has 2 aromatic heterocycles. The van der Waals surface area contributed by atoms with E-state index in [2.05, 4.69) is 11.1 Å². The van der Waals surface area contributed by atoms with Crippen molar-refractivity contribution in [1.29, 1.82) is 5.26 Å². The Morgan fingerprint density at radius 3 is 2.65 bits per heavy atom. The minimum Gasteiger partial charge on any atom is -0.425 e. The van der Waals surface area contributed by atoms with Crippen molar-refractivity contribution in [3.05, 3.63) is 62.7 Å². The number of aromatic amines is 1. The normalized spacial score (nSPS) is 16.2. The third-order valence-electron chi connectivity index (χ3n) is 5.18. The van der Waals surface area contributed by atoms with Crippen LogP contribution in [0.15, 0.2) is 29.1 Å². The number of aryl methyl sites for hydroxylation is 2. The van der Waals surface area contributed by atoms with Crippen LogP contribution in [0, 0.1) is 25.2 Å². The number of esters is 1. The zero-order chi connectivity index (χ0) is 18.6. The second-order valence-corrected chi connectivity index (χ2v) is 6.63. The predicted octanol–water partition coefficient (Wildman–Crippen LogP) is 2.80. The molecule has 0 fully saturated rings. The number of carbonyl (C=O) groups is 1. The second kappa shape index (κ2) is 5.60. The Labute approximate surface area is 149 Å². The number of fused-ring (bicyclic) bond motifs is 3. The number of nitrogens with one attached hydrogen (secondary N) is 1. The van der Waals surface area contributed by atoms with Crippen LogP contribution in [0.1, 0.15) is 40.4 Å². The summed E-state index contributed by atoms with van der Waals surface area (Å²) in [5, 5.41) is 10.0. The molecule has 26 heavy (non-hydrogen) atoms. The Bertz CT molecular complexity index is 1180. The third-order valence-corrected chi connectivity index (χ3v) is 5.18. The number of carbonyl (C=O) groups excluding carboxylic acids is 1. The molecule has 6 heteroatoms. The van der Waals surface area contributed by atoms with Gasteiger partial charge in [0, 0.05) is 24.0 Å². The van der Waals surface area contributed by atoms with Crippen LogP contribution in [0.3, 0.4) is 0 Å². The molecule has 6 nitrogen and oxygen atoms in total. The summed E-state index contributed by atoms with van der Waals surface area (Å²) >= 11 is 0. The molecule has 1 aliphatic heterocycles. The van der Waals surface area contributed by atoms with Gasteiger partial charge in [0.25, 0.3) is 5.56 Å². The fourth-order valence-corrected chi connectivity index (χ4v) is 3.98. The standard InChI is InChI=1S/C20H17N3O3/c1-10-14(9-21)22-11(2)17(10)13-8-16(24)26-19-12-6-4-5-7-15(12)23(3)20(25)18(13)19/h4-7,13,22H,8H2,1-3H3. The van der Waals surface area contributed by atoms with E-state index in [1.54, 1.807) is 11.6 Å². The van der Waals surface area contributed by atoms with Gasteiger partial charge in [0.05, 0.1) is 17.5 Å². The van der Waals surface area contributed by atoms with Crippen LogP contribution in [0.25, 0.3) is 10.9 Å². The van der Waals surface area contributed by atoms with Crippen molar-refractivity contribution in [1.82, 2.24) is 9.55 Å². The molecule has 0 saturated heterocycles. The summed E-state index contributed by atoms with van der Waals surface area (Å²) < 4.78 is 7.10. The fourth-order valence-electron chi connectivity index (χ4n) is 3.98. The number of nitriles is 1. The van der Waals surface area contributed by atoms with E-state index in [1.807, 2.05) is 38.1 Å². The number of hydrogen-bond donors (Lipinski definition) is 1. The van der Waals surface area contributed by atoms with Crippen LogP contribution in [0.5, 0.6) is 5.75 Å². The summed E-state index contributed by atoms with van der Waals surface area (Å²) in [4.78, 5) is 28.5. The third kappa shape index (κ3) is 2.10. The number of nitrogens with zero attached hydrogens (tertiary/aromatic N) is 2. The quantitative estimate of drug-likeness (QED) is 0.686. The number of rotatable bonds is 1. The van der Waals surface area contributed by atoms with Gasteiger partial charge in [0.15, 0.2) is 0 Å². The van der Waals surface area contributed by atoms with Gasteiger partial charge >= 0.3 is 5.97 Å². The largest absolute Gasteiger partial charge is 0.425 e. The van der Waals surface area contributed by atoms with Gasteiger partial charge in [-0.3, -0.25) is 9.59 Å². The van der Waals surface area contributed by atoms with Crippen molar-refractivity contribution < 1.29 is 9.53 Å². The van der Waals surface area contributed by atoms with E-state index in [0.29, 0.717) is 22.5 Å². The lowest BCUT2D eigenvalue weighted by atomic mass is 9.84. The maximum absolute atomic E-state index is 13.1. The van der Waals surface area contributed by atoms with Crippen LogP contribution >= 0.6 is 0 Å². The summed E-state index contributed by atoms with van der Waals surface area (Å²) in [6, 6.07) is 9.50. The Morgan fingerprint density at radius 2 is 1.96 bits per heavy atom. The maximum atomic E-state index is 13.1. The number of para-hydroxylation sites is 1. The van der Waals surface area contributed by atoms with Crippen molar-refractivity contribution in [2.24, 2.45) is 7.05 Å². The highest BCUT2D eigenvalue weighted by Gasteiger charge is 2.36. The molecule has 0 saturated carbocycles. The van der Waals surface area contributed by atoms with Gasteiger partial charge in [-0.1, -0.05) is 12.1 Å². The van der Waals surface area contributed by atoms with Crippen LogP contribution in [-0.2, 0) is 11.8 Å². The number of pyridine rings is 1. The van der Waals surface area contributed by atoms with Crippen molar-refractivity contribution in [3.63, 3.8) is 0 Å². The van der Waals surface area contributed by atoms with Gasteiger partial charge in [-0.05, 0) is 37.1 Å². The average molecular weight is 347 g/mol. The molecule has 3 heterocycles. The first kappa shape index (κ1) is 16.2. The molecule has 0 amide bonds. The number of H-pyrrole nitrogens is 1. The molecular formula is C20H17N3O3. The van der Waals surface area contributed by atoms with E-state index in [1.165, 1.54) is 0 Å². The minimum absolute atomic E-state index is 0.0744. The van der Waals surface area contributed by atoms with E-state index >= 15 is 0 Å². The first-order valence-electron chi connectivity index (χ1n) is 8.35. The summed E-state index contributed by atoms with van der Waals surface area (Å²) in [5.74, 6) is -0.476. The highest BCUT2D eigenvalue weighted by atomic mass is 16.5. The zero-order valence-electron chi connectivity index (χ0n) is 14.7. The molecule has 1 aromatic carbocycles. The molecule has 0 spiro atoms. The Kier molecular flexibility index (Phi) is 3.48. The maximum Gasteiger partial charge on any atom is 0.312 e. The monoisotopic (exact) mass is 347 g/mol. The van der Waals surface area contributed by atoms with Crippen molar-refractivity contribution in [3.8, 4) is 11.8 Å². The SMILES string of the molecule is Cc1[nH]c(C#N)c(C)c1C1CC(=O)Oc2c1c(=O)n(C)c1ccccc21. The molecule has 0 bridgehead atoms. The van der Waals surface area contributed by atoms with Crippen LogP contribution < -0.4 is 10.3 Å². The molecule has 4 rings (SSSR count). The van der Waals surface area contributed by atoms with Gasteiger partial charge in [-0.25, -0.2) is 0 Å². The number of aromatic nitrogens is 2. The molecular weight excluding hydrogens is 330 g/mol. The van der Waals surface area contributed by atoms with E-state index < -0.39 is 5.92 Å². The smallest absolute Gasteiger partial charge is 0.312 e. The lowest BCUT2D eigenvalue weighted by molar-refractivity contribution is -0.135. The van der Waals surface area contributed by atoms with Crippen molar-refractivity contribution in [2.45, 2.75) is 26.2 Å². The van der Waals surface area contributed by atoms with Crippen LogP contribution in [0.2, 0.25) is 0 Å². The van der Waals surface area contributed by atoms with Crippen LogP contribution in [-0.4, -0.2) is 15.5 Å². The number of ether oxygens (including phenoxy) is 1. The highest BCUT2D eigenvalue weighted by Crippen LogP contribution is 2.42. The van der Waals surface area contributed by atoms with Crippen LogP contribution in [0.4, 0.5) is 0 Å². The van der Waals surface area contributed by atoms with Crippen molar-refractivity contribution in [2.75, 3.05) is 0 Å². The molecule has 130 valence electrons. The van der Waals surface area contributed by atoms with Gasteiger partial charge in [-0.2, -0.15) is 5.26 Å². The predicted molar refractivity (Wildman–Crippen MR) is 96.3 cm³/mol. The van der Waals surface area contributed by atoms with Gasteiger partial charge in [-0.15, -0.1) is 0 Å². The van der Waals surface area contributed by atoms with E-state index in [0.717, 1.165) is 22.2 Å². The lowest BCUT2D eigenvalue weighted by Gasteiger charge is -2.26. The highest BCUT2D eigenvalue weighted by molar-refractivity contribution is 5.91. The Balaban J connectivity index is 2.10. The number of hydrogen-bond acceptors (Lipinski definition) is 4. The Hall–Kier alpha value is -3.33. The van der Waals surface area contributed by atoms with E-state index in [4.69, 9.17) is 4.74 Å². The molecule has 3 aromatic rings. The molecule has 1 unspecified atom stereocenters. The Morgan fingerprint density at radius 1 is 1.23 bits per heavy atom. The summed E-state index contributed by atoms with van der Waals surface area (Å²) in [6.07, 6.45) is 0.0744. The first-order valence-corrected chi connectivity index (χ1v) is 8.35. The second-order valence-electron chi connectivity index (χ2n) is 6.63. The first-order chi connectivity index (χ1) is 12.4. The van der Waals surface area contributed by atoms with E-state index in [9.17, 15) is 14.9 Å². The molecule has 0 radical (unpaired) electrons. The molecule has 1 aliphatic rings. The van der Waals surface area contributed by atoms with Gasteiger partial charge in [0.1, 0.15) is 17.5 Å². The topological polar surface area (TPSA) is 87.9 Å². The average Bonchev–Trinajstić information content (AvgIpc) is 2.92. The summed E-state index contributed by atoms with van der Waals surface area (Å²) in [5.41, 5.74) is 3.84. The minimum atomic E-state index is -0.437. The molecule has 1 N–H and O–H groups in total. The fraction of sp³-hybridized carbons (Fsp3) is 0.250. The zero-order valence-corrected chi connectivity index (χ0v) is 14.7. The summed E-state index contributed by atoms with van der Waals surface area (Å²) in [7, 11) is 1.72. The number of benzene rings is 1. The molecule has 0 aliphatic carbocycles. The molecule has 1 atom stereocenters. The van der Waals surface area contributed by atoms with Gasteiger partial charge in [0.2, 0.25) is 0 Å². The summed E-state index contributed by atoms with van der Waals surface area (Å²) in [6.45, 7) is 3.69. The lowest BCUT2D eigenvalue weighted by Crippen LogP contribution is -2.31. The van der Waals surface area contributed by atoms with E-state index in [-0.39, 0.29) is 17.9 Å².